The van der Waals surface area contributed by atoms with Crippen LogP contribution in [0.3, 0.4) is 0 Å². The van der Waals surface area contributed by atoms with Gasteiger partial charge in [-0.15, -0.1) is 11.3 Å². The van der Waals surface area contributed by atoms with Crippen molar-refractivity contribution in [3.05, 3.63) is 33.6 Å². The Kier molecular flexibility index (Phi) is 4.05. The van der Waals surface area contributed by atoms with E-state index in [1.165, 1.54) is 4.88 Å². The molecule has 3 heterocycles. The Bertz CT molecular complexity index is 626. The van der Waals surface area contributed by atoms with Gasteiger partial charge in [0.1, 0.15) is 0 Å². The standard InChI is InChI=1S/C15H19N3O2S/c1-10-3-4-13(21-10)9-14(19)18-7-5-12(6-8-18)15-16-11(2)17-20-15/h3-4,12H,5-9H2,1-2H3. The van der Waals surface area contributed by atoms with E-state index < -0.39 is 0 Å². The predicted octanol–water partition coefficient (Wildman–Crippen LogP) is 2.70. The lowest BCUT2D eigenvalue weighted by molar-refractivity contribution is -0.131. The molecule has 112 valence electrons. The molecular formula is C15H19N3O2S. The molecule has 1 aliphatic rings. The maximum atomic E-state index is 12.3. The van der Waals surface area contributed by atoms with Gasteiger partial charge < -0.3 is 9.42 Å². The quantitative estimate of drug-likeness (QED) is 0.875. The first-order chi connectivity index (χ1) is 10.1. The smallest absolute Gasteiger partial charge is 0.229 e. The summed E-state index contributed by atoms with van der Waals surface area (Å²) in [6.45, 7) is 5.44. The van der Waals surface area contributed by atoms with Crippen LogP contribution in [0.1, 0.15) is 40.2 Å². The van der Waals surface area contributed by atoms with E-state index in [-0.39, 0.29) is 5.91 Å². The Morgan fingerprint density at radius 3 is 2.71 bits per heavy atom. The van der Waals surface area contributed by atoms with Crippen LogP contribution in [-0.4, -0.2) is 34.0 Å². The summed E-state index contributed by atoms with van der Waals surface area (Å²) in [6.07, 6.45) is 2.32. The van der Waals surface area contributed by atoms with Crippen LogP contribution in [0.25, 0.3) is 0 Å². The van der Waals surface area contributed by atoms with Gasteiger partial charge in [0.25, 0.3) is 0 Å². The van der Waals surface area contributed by atoms with Crippen molar-refractivity contribution in [2.24, 2.45) is 0 Å². The molecule has 1 fully saturated rings. The molecule has 5 nitrogen and oxygen atoms in total. The number of piperidine rings is 1. The number of nitrogens with zero attached hydrogens (tertiary/aromatic N) is 3. The molecule has 21 heavy (non-hydrogen) atoms. The molecule has 2 aromatic heterocycles. The molecule has 0 radical (unpaired) electrons. The van der Waals surface area contributed by atoms with Gasteiger partial charge in [-0.25, -0.2) is 0 Å². The van der Waals surface area contributed by atoms with E-state index in [9.17, 15) is 4.79 Å². The summed E-state index contributed by atoms with van der Waals surface area (Å²) in [4.78, 5) is 21.0. The van der Waals surface area contributed by atoms with Gasteiger partial charge in [-0.1, -0.05) is 5.16 Å². The highest BCUT2D eigenvalue weighted by molar-refractivity contribution is 7.12. The zero-order valence-corrected chi connectivity index (χ0v) is 13.2. The average Bonchev–Trinajstić information content (AvgIpc) is 3.08. The van der Waals surface area contributed by atoms with E-state index in [1.54, 1.807) is 11.3 Å². The fourth-order valence-electron chi connectivity index (χ4n) is 2.70. The number of likely N-dealkylation sites (tertiary alicyclic amines) is 1. The van der Waals surface area contributed by atoms with Crippen LogP contribution in [-0.2, 0) is 11.2 Å². The maximum absolute atomic E-state index is 12.3. The van der Waals surface area contributed by atoms with Crippen LogP contribution in [0, 0.1) is 13.8 Å². The summed E-state index contributed by atoms with van der Waals surface area (Å²) in [5, 5.41) is 3.84. The minimum absolute atomic E-state index is 0.219. The topological polar surface area (TPSA) is 59.2 Å². The normalized spacial score (nSPS) is 16.4. The van der Waals surface area contributed by atoms with E-state index in [2.05, 4.69) is 23.1 Å². The Labute approximate surface area is 128 Å². The molecule has 0 unspecified atom stereocenters. The van der Waals surface area contributed by atoms with Gasteiger partial charge in [0.05, 0.1) is 6.42 Å². The van der Waals surface area contributed by atoms with Gasteiger partial charge in [-0.05, 0) is 38.8 Å². The SMILES string of the molecule is Cc1noc(C2CCN(C(=O)Cc3ccc(C)s3)CC2)n1. The number of aromatic nitrogens is 2. The summed E-state index contributed by atoms with van der Waals surface area (Å²) >= 11 is 1.70. The molecule has 0 bridgehead atoms. The lowest BCUT2D eigenvalue weighted by atomic mass is 9.96. The Hall–Kier alpha value is -1.69. The number of aryl methyl sites for hydroxylation is 2. The zero-order chi connectivity index (χ0) is 14.8. The fraction of sp³-hybridized carbons (Fsp3) is 0.533. The number of thiophene rings is 1. The lowest BCUT2D eigenvalue weighted by Gasteiger charge is -2.30. The summed E-state index contributed by atoms with van der Waals surface area (Å²) in [5.74, 6) is 1.90. The van der Waals surface area contributed by atoms with Crippen molar-refractivity contribution in [1.82, 2.24) is 15.0 Å². The monoisotopic (exact) mass is 305 g/mol. The average molecular weight is 305 g/mol. The van der Waals surface area contributed by atoms with Crippen LogP contribution < -0.4 is 0 Å². The van der Waals surface area contributed by atoms with Crippen LogP contribution in [0.2, 0.25) is 0 Å². The highest BCUT2D eigenvalue weighted by Gasteiger charge is 2.27. The Balaban J connectivity index is 1.54. The van der Waals surface area contributed by atoms with E-state index >= 15 is 0 Å². The molecule has 2 aromatic rings. The number of amides is 1. The van der Waals surface area contributed by atoms with Crippen molar-refractivity contribution < 1.29 is 9.32 Å². The van der Waals surface area contributed by atoms with Gasteiger partial charge in [-0.3, -0.25) is 4.79 Å². The molecule has 1 saturated heterocycles. The second-order valence-electron chi connectivity index (χ2n) is 5.52. The third kappa shape index (κ3) is 3.32. The van der Waals surface area contributed by atoms with Crippen LogP contribution in [0.15, 0.2) is 16.7 Å². The van der Waals surface area contributed by atoms with Crippen molar-refractivity contribution in [2.75, 3.05) is 13.1 Å². The number of hydrogen-bond donors (Lipinski definition) is 0. The molecule has 0 atom stereocenters. The summed E-state index contributed by atoms with van der Waals surface area (Å²) in [7, 11) is 0. The van der Waals surface area contributed by atoms with Crippen LogP contribution in [0.5, 0.6) is 0 Å². The molecule has 0 saturated carbocycles. The zero-order valence-electron chi connectivity index (χ0n) is 12.3. The van der Waals surface area contributed by atoms with Crippen molar-refractivity contribution >= 4 is 17.2 Å². The van der Waals surface area contributed by atoms with Crippen molar-refractivity contribution in [3.63, 3.8) is 0 Å². The second kappa shape index (κ2) is 5.97. The maximum Gasteiger partial charge on any atom is 0.229 e. The van der Waals surface area contributed by atoms with Gasteiger partial charge in [0, 0.05) is 28.8 Å². The fourth-order valence-corrected chi connectivity index (χ4v) is 3.58. The van der Waals surface area contributed by atoms with Gasteiger partial charge in [-0.2, -0.15) is 4.98 Å². The van der Waals surface area contributed by atoms with Gasteiger partial charge >= 0.3 is 0 Å². The van der Waals surface area contributed by atoms with E-state index in [0.717, 1.165) is 30.8 Å². The molecular weight excluding hydrogens is 286 g/mol. The summed E-state index contributed by atoms with van der Waals surface area (Å²) in [6, 6.07) is 4.11. The molecule has 1 amide bonds. The minimum atomic E-state index is 0.219. The second-order valence-corrected chi connectivity index (χ2v) is 6.90. The largest absolute Gasteiger partial charge is 0.342 e. The minimum Gasteiger partial charge on any atom is -0.342 e. The first-order valence-electron chi connectivity index (χ1n) is 7.25. The molecule has 0 aliphatic carbocycles. The van der Waals surface area contributed by atoms with Gasteiger partial charge in [0.2, 0.25) is 11.8 Å². The third-order valence-corrected chi connectivity index (χ3v) is 4.86. The Morgan fingerprint density at radius 1 is 1.38 bits per heavy atom. The number of rotatable bonds is 3. The van der Waals surface area contributed by atoms with E-state index in [1.807, 2.05) is 17.9 Å². The summed E-state index contributed by atoms with van der Waals surface area (Å²) in [5.41, 5.74) is 0. The molecule has 1 aliphatic heterocycles. The van der Waals surface area contributed by atoms with Crippen LogP contribution in [0.4, 0.5) is 0 Å². The Morgan fingerprint density at radius 2 is 2.14 bits per heavy atom. The number of carbonyl (C=O) groups is 1. The van der Waals surface area contributed by atoms with E-state index in [4.69, 9.17) is 4.52 Å². The molecule has 0 aromatic carbocycles. The third-order valence-electron chi connectivity index (χ3n) is 3.86. The van der Waals surface area contributed by atoms with Crippen molar-refractivity contribution in [3.8, 4) is 0 Å². The highest BCUT2D eigenvalue weighted by atomic mass is 32.1. The number of carbonyl (C=O) groups excluding carboxylic acids is 1. The molecule has 6 heteroatoms. The first kappa shape index (κ1) is 14.3. The molecule has 0 N–H and O–H groups in total. The van der Waals surface area contributed by atoms with Crippen molar-refractivity contribution in [2.45, 2.75) is 39.0 Å². The predicted molar refractivity (Wildman–Crippen MR) is 80.4 cm³/mol. The van der Waals surface area contributed by atoms with Gasteiger partial charge in [0.15, 0.2) is 5.82 Å². The number of hydrogen-bond acceptors (Lipinski definition) is 5. The molecule has 3 rings (SSSR count). The first-order valence-corrected chi connectivity index (χ1v) is 8.07. The summed E-state index contributed by atoms with van der Waals surface area (Å²) < 4.78 is 5.23. The van der Waals surface area contributed by atoms with Crippen molar-refractivity contribution in [1.29, 1.82) is 0 Å². The molecule has 0 spiro atoms. The lowest BCUT2D eigenvalue weighted by Crippen LogP contribution is -2.38. The van der Waals surface area contributed by atoms with E-state index in [0.29, 0.717) is 24.1 Å². The highest BCUT2D eigenvalue weighted by Crippen LogP contribution is 2.27. The van der Waals surface area contributed by atoms with Crippen LogP contribution >= 0.6 is 11.3 Å².